The van der Waals surface area contributed by atoms with Gasteiger partial charge >= 0.3 is 0 Å². The summed E-state index contributed by atoms with van der Waals surface area (Å²) < 4.78 is 0. The lowest BCUT2D eigenvalue weighted by Gasteiger charge is -2.29. The molecule has 0 saturated carbocycles. The molecule has 2 rings (SSSR count). The van der Waals surface area contributed by atoms with Gasteiger partial charge < -0.3 is 10.4 Å². The summed E-state index contributed by atoms with van der Waals surface area (Å²) in [6.07, 6.45) is 3.28. The van der Waals surface area contributed by atoms with Crippen LogP contribution in [0.5, 0.6) is 0 Å². The number of hydrogen-bond acceptors (Lipinski definition) is 3. The van der Waals surface area contributed by atoms with E-state index in [2.05, 4.69) is 34.5 Å². The fourth-order valence-electron chi connectivity index (χ4n) is 2.60. The van der Waals surface area contributed by atoms with E-state index in [1.165, 1.54) is 12.0 Å². The van der Waals surface area contributed by atoms with Gasteiger partial charge in [-0.3, -0.25) is 4.90 Å². The maximum Gasteiger partial charge on any atom is 0.0586 e. The van der Waals surface area contributed by atoms with Gasteiger partial charge in [0.2, 0.25) is 0 Å². The van der Waals surface area contributed by atoms with Crippen molar-refractivity contribution < 1.29 is 5.11 Å². The number of aryl methyl sites for hydroxylation is 1. The monoisotopic (exact) mass is 248 g/mol. The van der Waals surface area contributed by atoms with Gasteiger partial charge in [-0.05, 0) is 37.9 Å². The average molecular weight is 248 g/mol. The Morgan fingerprint density at radius 1 is 1.17 bits per heavy atom. The Kier molecular flexibility index (Phi) is 5.65. The summed E-state index contributed by atoms with van der Waals surface area (Å²) in [7, 11) is 0. The van der Waals surface area contributed by atoms with E-state index in [0.29, 0.717) is 6.04 Å². The molecule has 1 saturated heterocycles. The Labute approximate surface area is 110 Å². The Hall–Kier alpha value is -0.900. The lowest BCUT2D eigenvalue weighted by molar-refractivity contribution is 0.122. The summed E-state index contributed by atoms with van der Waals surface area (Å²) in [5.74, 6) is 0. The van der Waals surface area contributed by atoms with Crippen molar-refractivity contribution in [1.82, 2.24) is 10.2 Å². The number of benzene rings is 1. The summed E-state index contributed by atoms with van der Waals surface area (Å²) in [6.45, 7) is 4.58. The molecule has 1 heterocycles. The Morgan fingerprint density at radius 2 is 2.00 bits per heavy atom. The molecule has 0 amide bonds. The molecule has 0 aromatic heterocycles. The van der Waals surface area contributed by atoms with Gasteiger partial charge in [-0.25, -0.2) is 0 Å². The highest BCUT2D eigenvalue weighted by Gasteiger charge is 2.18. The van der Waals surface area contributed by atoms with Gasteiger partial charge in [-0.15, -0.1) is 0 Å². The van der Waals surface area contributed by atoms with Crippen LogP contribution < -0.4 is 5.32 Å². The van der Waals surface area contributed by atoms with Gasteiger partial charge in [0.25, 0.3) is 0 Å². The summed E-state index contributed by atoms with van der Waals surface area (Å²) in [5.41, 5.74) is 1.36. The predicted molar refractivity (Wildman–Crippen MR) is 74.7 cm³/mol. The second kappa shape index (κ2) is 7.52. The zero-order valence-corrected chi connectivity index (χ0v) is 11.0. The molecule has 1 aliphatic heterocycles. The maximum atomic E-state index is 9.59. The van der Waals surface area contributed by atoms with Crippen LogP contribution in [0.4, 0.5) is 0 Å². The number of hydrogen-bond donors (Lipinski definition) is 2. The number of aliphatic hydroxyl groups is 1. The topological polar surface area (TPSA) is 35.5 Å². The van der Waals surface area contributed by atoms with Crippen molar-refractivity contribution in [1.29, 1.82) is 0 Å². The minimum Gasteiger partial charge on any atom is -0.395 e. The van der Waals surface area contributed by atoms with Crippen molar-refractivity contribution in [3.63, 3.8) is 0 Å². The molecule has 1 atom stereocenters. The number of rotatable bonds is 5. The number of aliphatic hydroxyl groups excluding tert-OH is 1. The molecule has 2 N–H and O–H groups in total. The molecule has 3 heteroatoms. The summed E-state index contributed by atoms with van der Waals surface area (Å²) in [4.78, 5) is 2.43. The molecule has 0 spiro atoms. The Morgan fingerprint density at radius 3 is 2.78 bits per heavy atom. The van der Waals surface area contributed by atoms with Crippen LogP contribution in [-0.4, -0.2) is 48.8 Å². The van der Waals surface area contributed by atoms with Gasteiger partial charge in [0.1, 0.15) is 0 Å². The highest BCUT2D eigenvalue weighted by molar-refractivity contribution is 5.14. The standard InChI is InChI=1S/C15H24N2O/c18-13-15(17-11-4-9-16-10-12-17)8-7-14-5-2-1-3-6-14/h1-3,5-6,15-16,18H,4,7-13H2. The molecular weight excluding hydrogens is 224 g/mol. The molecule has 18 heavy (non-hydrogen) atoms. The number of nitrogens with zero attached hydrogens (tertiary/aromatic N) is 1. The van der Waals surface area contributed by atoms with Gasteiger partial charge in [-0.2, -0.15) is 0 Å². The first kappa shape index (κ1) is 13.5. The fourth-order valence-corrected chi connectivity index (χ4v) is 2.60. The largest absolute Gasteiger partial charge is 0.395 e. The van der Waals surface area contributed by atoms with E-state index in [1.807, 2.05) is 6.07 Å². The van der Waals surface area contributed by atoms with Gasteiger partial charge in [0.15, 0.2) is 0 Å². The van der Waals surface area contributed by atoms with Crippen LogP contribution >= 0.6 is 0 Å². The summed E-state index contributed by atoms with van der Waals surface area (Å²) in [5, 5.41) is 13.0. The highest BCUT2D eigenvalue weighted by Crippen LogP contribution is 2.11. The lowest BCUT2D eigenvalue weighted by atomic mass is 10.0. The fraction of sp³-hybridized carbons (Fsp3) is 0.600. The maximum absolute atomic E-state index is 9.59. The minimum absolute atomic E-state index is 0.271. The quantitative estimate of drug-likeness (QED) is 0.824. The van der Waals surface area contributed by atoms with E-state index in [-0.39, 0.29) is 6.61 Å². The zero-order valence-electron chi connectivity index (χ0n) is 11.0. The van der Waals surface area contributed by atoms with E-state index in [1.54, 1.807) is 0 Å². The molecule has 3 nitrogen and oxygen atoms in total. The second-order valence-corrected chi connectivity index (χ2v) is 5.00. The third kappa shape index (κ3) is 4.09. The van der Waals surface area contributed by atoms with Gasteiger partial charge in [0.05, 0.1) is 6.61 Å². The van der Waals surface area contributed by atoms with E-state index in [4.69, 9.17) is 0 Å². The third-order valence-electron chi connectivity index (χ3n) is 3.71. The van der Waals surface area contributed by atoms with Crippen LogP contribution in [0.3, 0.4) is 0 Å². The van der Waals surface area contributed by atoms with Crippen molar-refractivity contribution >= 4 is 0 Å². The van der Waals surface area contributed by atoms with Gasteiger partial charge in [-0.1, -0.05) is 30.3 Å². The van der Waals surface area contributed by atoms with Crippen LogP contribution in [0.1, 0.15) is 18.4 Å². The van der Waals surface area contributed by atoms with Crippen LogP contribution in [0, 0.1) is 0 Å². The SMILES string of the molecule is OCC(CCc1ccccc1)N1CCCNCC1. The van der Waals surface area contributed by atoms with Crippen molar-refractivity contribution in [3.8, 4) is 0 Å². The molecule has 0 aliphatic carbocycles. The van der Waals surface area contributed by atoms with Crippen molar-refractivity contribution in [2.24, 2.45) is 0 Å². The second-order valence-electron chi connectivity index (χ2n) is 5.00. The summed E-state index contributed by atoms with van der Waals surface area (Å²) in [6, 6.07) is 10.9. The zero-order chi connectivity index (χ0) is 12.6. The summed E-state index contributed by atoms with van der Waals surface area (Å²) >= 11 is 0. The highest BCUT2D eigenvalue weighted by atomic mass is 16.3. The number of nitrogens with one attached hydrogen (secondary N) is 1. The molecule has 1 unspecified atom stereocenters. The minimum atomic E-state index is 0.271. The van der Waals surface area contributed by atoms with Gasteiger partial charge in [0, 0.05) is 19.1 Å². The van der Waals surface area contributed by atoms with Crippen LogP contribution in [0.15, 0.2) is 30.3 Å². The van der Waals surface area contributed by atoms with Crippen molar-refractivity contribution in [2.45, 2.75) is 25.3 Å². The predicted octanol–water partition coefficient (Wildman–Crippen LogP) is 1.28. The molecule has 0 radical (unpaired) electrons. The van der Waals surface area contributed by atoms with Crippen molar-refractivity contribution in [2.75, 3.05) is 32.8 Å². The first-order valence-electron chi connectivity index (χ1n) is 6.99. The lowest BCUT2D eigenvalue weighted by Crippen LogP contribution is -2.40. The molecule has 100 valence electrons. The smallest absolute Gasteiger partial charge is 0.0586 e. The first-order valence-corrected chi connectivity index (χ1v) is 6.99. The third-order valence-corrected chi connectivity index (χ3v) is 3.71. The molecule has 1 aromatic rings. The van der Waals surface area contributed by atoms with E-state index >= 15 is 0 Å². The van der Waals surface area contributed by atoms with Crippen LogP contribution in [0.2, 0.25) is 0 Å². The van der Waals surface area contributed by atoms with Crippen LogP contribution in [0.25, 0.3) is 0 Å². The average Bonchev–Trinajstić information content (AvgIpc) is 2.70. The van der Waals surface area contributed by atoms with Crippen LogP contribution in [-0.2, 0) is 6.42 Å². The van der Waals surface area contributed by atoms with E-state index in [0.717, 1.165) is 39.0 Å². The Bertz CT molecular complexity index is 321. The molecule has 0 bridgehead atoms. The normalized spacial score (nSPS) is 19.4. The van der Waals surface area contributed by atoms with E-state index in [9.17, 15) is 5.11 Å². The van der Waals surface area contributed by atoms with E-state index < -0.39 is 0 Å². The molecular formula is C15H24N2O. The molecule has 1 fully saturated rings. The van der Waals surface area contributed by atoms with Crippen molar-refractivity contribution in [3.05, 3.63) is 35.9 Å². The Balaban J connectivity index is 1.84. The molecule has 1 aliphatic rings. The first-order chi connectivity index (χ1) is 8.90. The molecule has 1 aromatic carbocycles.